The van der Waals surface area contributed by atoms with Gasteiger partial charge in [-0.15, -0.1) is 0 Å². The summed E-state index contributed by atoms with van der Waals surface area (Å²) in [5, 5.41) is 12.9. The van der Waals surface area contributed by atoms with Gasteiger partial charge < -0.3 is 14.7 Å². The molecule has 0 amide bonds. The fourth-order valence-corrected chi connectivity index (χ4v) is 2.49. The minimum atomic E-state index is -1.37. The quantitative estimate of drug-likeness (QED) is 0.508. The molecule has 1 aliphatic heterocycles. The third-order valence-corrected chi connectivity index (χ3v) is 3.90. The van der Waals surface area contributed by atoms with Crippen LogP contribution in [0.3, 0.4) is 0 Å². The van der Waals surface area contributed by atoms with Crippen molar-refractivity contribution in [2.24, 2.45) is 5.41 Å². The number of nitrogens with zero attached hydrogens (tertiary/aromatic N) is 1. The predicted molar refractivity (Wildman–Crippen MR) is 72.2 cm³/mol. The maximum Gasteiger partial charge on any atom is 0.350 e. The Morgan fingerprint density at radius 3 is 2.53 bits per heavy atom. The number of hydrogen-bond acceptors (Lipinski definition) is 7. The van der Waals surface area contributed by atoms with Gasteiger partial charge in [0.05, 0.1) is 5.34 Å². The molecule has 3 N–H and O–H groups in total. The Morgan fingerprint density at radius 1 is 1.47 bits per heavy atom. The Morgan fingerprint density at radius 2 is 2.11 bits per heavy atom. The minimum Gasteiger partial charge on any atom is -0.332 e. The Balaban J connectivity index is 2.64. The molecule has 1 heterocycles. The van der Waals surface area contributed by atoms with Crippen LogP contribution in [-0.4, -0.2) is 37.6 Å². The van der Waals surface area contributed by atoms with Crippen LogP contribution in [0.4, 0.5) is 0 Å². The van der Waals surface area contributed by atoms with Crippen molar-refractivity contribution >= 4 is 15.0 Å². The van der Waals surface area contributed by atoms with Crippen LogP contribution in [0, 0.1) is 5.41 Å². The van der Waals surface area contributed by atoms with E-state index in [-0.39, 0.29) is 10.8 Å². The van der Waals surface area contributed by atoms with E-state index in [0.29, 0.717) is 6.42 Å². The van der Waals surface area contributed by atoms with Crippen LogP contribution in [0.15, 0.2) is 0 Å². The number of carbonyl (C=O) groups excluding carboxylic acids is 1. The average Bonchev–Trinajstić information content (AvgIpc) is 2.75. The van der Waals surface area contributed by atoms with Gasteiger partial charge in [-0.2, -0.15) is 0 Å². The van der Waals surface area contributed by atoms with E-state index in [1.807, 2.05) is 33.9 Å². The van der Waals surface area contributed by atoms with Crippen LogP contribution < -0.4 is 10.9 Å². The van der Waals surface area contributed by atoms with Crippen molar-refractivity contribution < 1.29 is 19.4 Å². The molecule has 1 saturated heterocycles. The molecule has 1 fully saturated rings. The molecule has 0 bridgehead atoms. The van der Waals surface area contributed by atoms with E-state index in [1.165, 1.54) is 0 Å². The van der Waals surface area contributed by atoms with Crippen LogP contribution in [-0.2, 0) is 14.2 Å². The highest BCUT2D eigenvalue weighted by atomic mass is 28.3. The normalized spacial score (nSPS) is 24.2. The lowest BCUT2D eigenvalue weighted by Crippen LogP contribution is -2.59. The monoisotopic (exact) mass is 291 g/mol. The second kappa shape index (κ2) is 6.29. The van der Waals surface area contributed by atoms with Gasteiger partial charge in [0.25, 0.3) is 0 Å². The molecule has 7 nitrogen and oxygen atoms in total. The summed E-state index contributed by atoms with van der Waals surface area (Å²) in [5.74, 6) is -0.512. The summed E-state index contributed by atoms with van der Waals surface area (Å²) in [6.45, 7) is 10.5. The van der Waals surface area contributed by atoms with Crippen LogP contribution in [0.5, 0.6) is 0 Å². The molecule has 1 aliphatic rings. The van der Waals surface area contributed by atoms with E-state index >= 15 is 0 Å². The molecule has 0 unspecified atom stereocenters. The molecular formula is C11H25N3O4Si. The van der Waals surface area contributed by atoms with E-state index < -0.39 is 20.5 Å². The molecule has 0 aliphatic carbocycles. The molecule has 0 radical (unpaired) electrons. The zero-order chi connectivity index (χ0) is 14.7. The highest BCUT2D eigenvalue weighted by Crippen LogP contribution is 2.38. The third kappa shape index (κ3) is 3.97. The zero-order valence-corrected chi connectivity index (χ0v) is 13.5. The number of nitrogens with one attached hydrogen (secondary N) is 2. The number of hydrogen-bond donors (Lipinski definition) is 3. The first-order valence-corrected chi connectivity index (χ1v) is 9.35. The smallest absolute Gasteiger partial charge is 0.332 e. The van der Waals surface area contributed by atoms with Crippen molar-refractivity contribution in [1.29, 1.82) is 0 Å². The lowest BCUT2D eigenvalue weighted by atomic mass is 9.72. The van der Waals surface area contributed by atoms with Crippen LogP contribution in [0.1, 0.15) is 33.6 Å². The van der Waals surface area contributed by atoms with Crippen LogP contribution in [0.25, 0.3) is 0 Å². The van der Waals surface area contributed by atoms with E-state index in [2.05, 4.69) is 10.9 Å². The van der Waals surface area contributed by atoms with Crippen molar-refractivity contribution in [1.82, 2.24) is 16.2 Å². The van der Waals surface area contributed by atoms with E-state index in [1.54, 1.807) is 0 Å². The topological polar surface area (TPSA) is 83.1 Å². The van der Waals surface area contributed by atoms with Gasteiger partial charge in [-0.05, 0) is 37.9 Å². The highest BCUT2D eigenvalue weighted by molar-refractivity contribution is 6.48. The van der Waals surface area contributed by atoms with Crippen molar-refractivity contribution in [2.45, 2.75) is 52.2 Å². The summed E-state index contributed by atoms with van der Waals surface area (Å²) in [6.07, 6.45) is 1.59. The maximum atomic E-state index is 12.3. The molecule has 0 saturated carbocycles. The third-order valence-electron chi connectivity index (χ3n) is 3.32. The Bertz CT molecular complexity index is 314. The molecule has 0 aromatic heterocycles. The van der Waals surface area contributed by atoms with E-state index in [4.69, 9.17) is 9.36 Å². The molecule has 112 valence electrons. The molecule has 8 heteroatoms. The molecule has 19 heavy (non-hydrogen) atoms. The van der Waals surface area contributed by atoms with Gasteiger partial charge in [0.1, 0.15) is 5.54 Å². The fourth-order valence-electron chi connectivity index (χ4n) is 2.19. The standard InChI is InChI=1S/C11H25N3O4Si/c1-10(2,3)11(7-6-8-12-11)9(15)17-14(16)13-18-19(4)5/h12-13,16,19H,6-8H2,1-5H3/t11-/m0/s1. The van der Waals surface area contributed by atoms with E-state index in [0.717, 1.165) is 13.0 Å². The Hall–Kier alpha value is -0.513. The first-order valence-electron chi connectivity index (χ1n) is 6.57. The Labute approximate surface area is 115 Å². The largest absolute Gasteiger partial charge is 0.350 e. The summed E-state index contributed by atoms with van der Waals surface area (Å²) in [5.41, 5.74) is 1.09. The molecular weight excluding hydrogens is 266 g/mol. The lowest BCUT2D eigenvalue weighted by molar-refractivity contribution is -0.386. The summed E-state index contributed by atoms with van der Waals surface area (Å²) in [6, 6.07) is 0. The molecule has 1 rings (SSSR count). The van der Waals surface area contributed by atoms with Gasteiger partial charge in [-0.3, -0.25) is 5.21 Å². The van der Waals surface area contributed by atoms with Gasteiger partial charge in [-0.1, -0.05) is 26.4 Å². The molecule has 0 aromatic carbocycles. The Kier molecular flexibility index (Phi) is 5.48. The lowest BCUT2D eigenvalue weighted by Gasteiger charge is -2.39. The SMILES string of the molecule is C[SiH](C)ONN(O)OC(=O)[C@]1(C(C)(C)C)CCCN1. The van der Waals surface area contributed by atoms with Gasteiger partial charge in [0.2, 0.25) is 9.04 Å². The first-order chi connectivity index (χ1) is 8.69. The van der Waals surface area contributed by atoms with Crippen molar-refractivity contribution in [3.63, 3.8) is 0 Å². The van der Waals surface area contributed by atoms with Crippen molar-refractivity contribution in [3.8, 4) is 0 Å². The molecule has 0 spiro atoms. The van der Waals surface area contributed by atoms with Gasteiger partial charge in [0.15, 0.2) is 0 Å². The van der Waals surface area contributed by atoms with Crippen molar-refractivity contribution in [3.05, 3.63) is 0 Å². The predicted octanol–water partition coefficient (Wildman–Crippen LogP) is 0.724. The summed E-state index contributed by atoms with van der Waals surface area (Å²) < 4.78 is 5.05. The minimum absolute atomic E-state index is 0.239. The number of carbonyl (C=O) groups is 1. The van der Waals surface area contributed by atoms with Crippen LogP contribution in [0.2, 0.25) is 13.1 Å². The fraction of sp³-hybridized carbons (Fsp3) is 0.909. The number of rotatable bonds is 5. The average molecular weight is 291 g/mol. The van der Waals surface area contributed by atoms with Gasteiger partial charge in [-0.25, -0.2) is 4.79 Å². The molecule has 1 atom stereocenters. The summed E-state index contributed by atoms with van der Waals surface area (Å²) in [4.78, 5) is 17.2. The molecule has 0 aromatic rings. The van der Waals surface area contributed by atoms with Crippen molar-refractivity contribution in [2.75, 3.05) is 6.54 Å². The summed E-state index contributed by atoms with van der Waals surface area (Å²) in [7, 11) is -1.37. The van der Waals surface area contributed by atoms with Gasteiger partial charge >= 0.3 is 5.97 Å². The second-order valence-corrected chi connectivity index (χ2v) is 8.43. The first kappa shape index (κ1) is 16.5. The van der Waals surface area contributed by atoms with Crippen LogP contribution >= 0.6 is 0 Å². The number of hydrazine groups is 1. The maximum absolute atomic E-state index is 12.3. The highest BCUT2D eigenvalue weighted by Gasteiger charge is 2.52. The van der Waals surface area contributed by atoms with Gasteiger partial charge in [0, 0.05) is 0 Å². The zero-order valence-electron chi connectivity index (χ0n) is 12.3. The summed E-state index contributed by atoms with van der Waals surface area (Å²) >= 11 is 0. The second-order valence-electron chi connectivity index (χ2n) is 6.10. The van der Waals surface area contributed by atoms with E-state index in [9.17, 15) is 10.0 Å².